The van der Waals surface area contributed by atoms with Crippen molar-refractivity contribution >= 4 is 17.9 Å². The summed E-state index contributed by atoms with van der Waals surface area (Å²) in [4.78, 5) is 38.4. The molecule has 0 bridgehead atoms. The minimum atomic E-state index is -0.785. The summed E-state index contributed by atoms with van der Waals surface area (Å²) in [7, 11) is 0. The van der Waals surface area contributed by atoms with Crippen molar-refractivity contribution < 1.29 is 28.6 Å². The molecule has 0 rings (SSSR count). The van der Waals surface area contributed by atoms with E-state index in [1.54, 1.807) is 0 Å². The summed E-state index contributed by atoms with van der Waals surface area (Å²) in [5.41, 5.74) is 0. The van der Waals surface area contributed by atoms with Crippen molar-refractivity contribution in [1.82, 2.24) is 0 Å². The molecule has 0 heterocycles. The smallest absolute Gasteiger partial charge is 0.306 e. The van der Waals surface area contributed by atoms with Crippen LogP contribution in [0.25, 0.3) is 0 Å². The van der Waals surface area contributed by atoms with Gasteiger partial charge in [0.05, 0.1) is 0 Å². The van der Waals surface area contributed by atoms with Crippen molar-refractivity contribution in [2.75, 3.05) is 13.2 Å². The lowest BCUT2D eigenvalue weighted by Crippen LogP contribution is -2.30. The Kier molecular flexibility index (Phi) is 62.7. The Labute approximate surface area is 478 Å². The maximum atomic E-state index is 12.9. The molecule has 0 amide bonds. The molecule has 0 fully saturated rings. The molecule has 0 aromatic heterocycles. The number of esters is 3. The molecule has 0 aromatic carbocycles. The summed E-state index contributed by atoms with van der Waals surface area (Å²) in [5, 5.41) is 0. The van der Waals surface area contributed by atoms with Gasteiger partial charge in [0.1, 0.15) is 13.2 Å². The Balaban J connectivity index is 4.38. The van der Waals surface area contributed by atoms with Crippen molar-refractivity contribution in [3.8, 4) is 0 Å². The fourth-order valence-corrected chi connectivity index (χ4v) is 9.59. The largest absolute Gasteiger partial charge is 0.462 e. The molecule has 77 heavy (non-hydrogen) atoms. The van der Waals surface area contributed by atoms with Crippen LogP contribution in [0.5, 0.6) is 0 Å². The van der Waals surface area contributed by atoms with Crippen LogP contribution in [-0.2, 0) is 28.6 Å². The molecule has 1 unspecified atom stereocenters. The molecule has 0 N–H and O–H groups in total. The molecular formula is C71H126O6. The minimum Gasteiger partial charge on any atom is -0.462 e. The fraction of sp³-hybridized carbons (Fsp3) is 0.789. The van der Waals surface area contributed by atoms with E-state index in [4.69, 9.17) is 14.2 Å². The number of unbranched alkanes of at least 4 members (excludes halogenated alkanes) is 38. The van der Waals surface area contributed by atoms with Crippen LogP contribution in [0.4, 0.5) is 0 Å². The first-order chi connectivity index (χ1) is 38.0. The Morgan fingerprint density at radius 3 is 0.766 bits per heavy atom. The van der Waals surface area contributed by atoms with Gasteiger partial charge in [0, 0.05) is 19.3 Å². The average molecular weight is 1080 g/mol. The number of carbonyl (C=O) groups excluding carboxylic acids is 3. The van der Waals surface area contributed by atoms with E-state index in [9.17, 15) is 14.4 Å². The highest BCUT2D eigenvalue weighted by Crippen LogP contribution is 2.16. The molecule has 6 heteroatoms. The molecule has 0 aromatic rings. The number of carbonyl (C=O) groups is 3. The van der Waals surface area contributed by atoms with Gasteiger partial charge >= 0.3 is 17.9 Å². The summed E-state index contributed by atoms with van der Waals surface area (Å²) in [5.74, 6) is -0.881. The van der Waals surface area contributed by atoms with Crippen LogP contribution in [0, 0.1) is 0 Å². The van der Waals surface area contributed by atoms with Gasteiger partial charge in [-0.25, -0.2) is 0 Å². The lowest BCUT2D eigenvalue weighted by Gasteiger charge is -2.18. The second-order valence-corrected chi connectivity index (χ2v) is 22.4. The number of rotatable bonds is 61. The van der Waals surface area contributed by atoms with E-state index in [-0.39, 0.29) is 31.1 Å². The van der Waals surface area contributed by atoms with Gasteiger partial charge in [0.25, 0.3) is 0 Å². The van der Waals surface area contributed by atoms with E-state index in [0.717, 1.165) is 89.9 Å². The molecule has 446 valence electrons. The zero-order valence-electron chi connectivity index (χ0n) is 51.2. The van der Waals surface area contributed by atoms with Crippen molar-refractivity contribution in [2.45, 2.75) is 348 Å². The third kappa shape index (κ3) is 63.6. The number of hydrogen-bond donors (Lipinski definition) is 0. The van der Waals surface area contributed by atoms with Crippen LogP contribution in [0.15, 0.2) is 72.9 Å². The highest BCUT2D eigenvalue weighted by atomic mass is 16.6. The zero-order chi connectivity index (χ0) is 55.7. The standard InChI is InChI=1S/C71H126O6/c1-4-7-10-13-16-19-22-25-28-31-33-34-35-36-38-40-43-46-49-52-55-58-61-64-70(73)76-67-68(66-75-69(72)63-60-57-54-51-48-45-42-39-30-27-24-21-18-15-12-9-6-3)77-71(74)65-62-59-56-53-50-47-44-41-37-32-29-26-23-20-17-14-11-8-5-2/h18,21-22,25-27,29-31,33,35-36,68H,4-17,19-20,23-24,28,32,34,37-67H2,1-3H3/b21-18-,25-22-,29-26-,30-27-,33-31-,36-35-. The predicted octanol–water partition coefficient (Wildman–Crippen LogP) is 22.9. The summed E-state index contributed by atoms with van der Waals surface area (Å²) in [6.45, 7) is 6.63. The second-order valence-electron chi connectivity index (χ2n) is 22.4. The van der Waals surface area contributed by atoms with Gasteiger partial charge in [-0.2, -0.15) is 0 Å². The van der Waals surface area contributed by atoms with Gasteiger partial charge in [-0.3, -0.25) is 14.4 Å². The first-order valence-electron chi connectivity index (χ1n) is 33.4. The maximum absolute atomic E-state index is 12.9. The monoisotopic (exact) mass is 1070 g/mol. The topological polar surface area (TPSA) is 78.9 Å². The Hall–Kier alpha value is -3.15. The third-order valence-corrected chi connectivity index (χ3v) is 14.7. The van der Waals surface area contributed by atoms with E-state index in [1.165, 1.54) is 212 Å². The second kappa shape index (κ2) is 65.4. The van der Waals surface area contributed by atoms with Crippen LogP contribution in [0.1, 0.15) is 342 Å². The molecule has 0 saturated heterocycles. The normalized spacial score (nSPS) is 12.5. The van der Waals surface area contributed by atoms with E-state index in [0.29, 0.717) is 19.3 Å². The van der Waals surface area contributed by atoms with Crippen molar-refractivity contribution in [3.05, 3.63) is 72.9 Å². The molecule has 0 aliphatic heterocycles. The molecule has 6 nitrogen and oxygen atoms in total. The predicted molar refractivity (Wildman–Crippen MR) is 335 cm³/mol. The summed E-state index contributed by atoms with van der Waals surface area (Å²) < 4.78 is 17.0. The first kappa shape index (κ1) is 73.8. The van der Waals surface area contributed by atoms with Crippen LogP contribution in [-0.4, -0.2) is 37.2 Å². The third-order valence-electron chi connectivity index (χ3n) is 14.7. The van der Waals surface area contributed by atoms with E-state index >= 15 is 0 Å². The van der Waals surface area contributed by atoms with Gasteiger partial charge in [-0.05, 0) is 116 Å². The molecular weight excluding hydrogens is 949 g/mol. The average Bonchev–Trinajstić information content (AvgIpc) is 3.43. The molecule has 0 saturated carbocycles. The van der Waals surface area contributed by atoms with Crippen LogP contribution in [0.3, 0.4) is 0 Å². The van der Waals surface area contributed by atoms with Gasteiger partial charge < -0.3 is 14.2 Å². The molecule has 0 aliphatic carbocycles. The fourth-order valence-electron chi connectivity index (χ4n) is 9.59. The lowest BCUT2D eigenvalue weighted by atomic mass is 10.1. The van der Waals surface area contributed by atoms with E-state index in [2.05, 4.69) is 93.7 Å². The van der Waals surface area contributed by atoms with Crippen LogP contribution in [0.2, 0.25) is 0 Å². The quantitative estimate of drug-likeness (QED) is 0.0261. The number of allylic oxidation sites excluding steroid dienone is 12. The van der Waals surface area contributed by atoms with Crippen LogP contribution < -0.4 is 0 Å². The van der Waals surface area contributed by atoms with Crippen molar-refractivity contribution in [1.29, 1.82) is 0 Å². The number of ether oxygens (including phenoxy) is 3. The summed E-state index contributed by atoms with van der Waals surface area (Å²) in [6, 6.07) is 0. The highest BCUT2D eigenvalue weighted by molar-refractivity contribution is 5.71. The SMILES string of the molecule is CCCCC/C=C\C/C=C\CCCCCCCCCC(=O)OCC(COC(=O)CCCCCCCCCC/C=C\C/C=C\C/C=C\CCCCCCC)OC(=O)CCCCCCCCCCC/C=C\CCCCCCCC. The van der Waals surface area contributed by atoms with Crippen LogP contribution >= 0.6 is 0 Å². The van der Waals surface area contributed by atoms with Gasteiger partial charge in [-0.1, -0.05) is 280 Å². The number of hydrogen-bond acceptors (Lipinski definition) is 6. The highest BCUT2D eigenvalue weighted by Gasteiger charge is 2.19. The first-order valence-corrected chi connectivity index (χ1v) is 33.4. The zero-order valence-corrected chi connectivity index (χ0v) is 51.2. The Bertz CT molecular complexity index is 1420. The molecule has 1 atom stereocenters. The summed E-state index contributed by atoms with van der Waals surface area (Å²) in [6.07, 6.45) is 84.7. The van der Waals surface area contributed by atoms with Crippen molar-refractivity contribution in [2.24, 2.45) is 0 Å². The molecule has 0 radical (unpaired) electrons. The molecule has 0 spiro atoms. The maximum Gasteiger partial charge on any atom is 0.306 e. The van der Waals surface area contributed by atoms with E-state index in [1.807, 2.05) is 0 Å². The minimum absolute atomic E-state index is 0.0812. The Morgan fingerprint density at radius 2 is 0.468 bits per heavy atom. The van der Waals surface area contributed by atoms with Gasteiger partial charge in [-0.15, -0.1) is 0 Å². The van der Waals surface area contributed by atoms with Crippen molar-refractivity contribution in [3.63, 3.8) is 0 Å². The van der Waals surface area contributed by atoms with Gasteiger partial charge in [0.2, 0.25) is 0 Å². The van der Waals surface area contributed by atoms with Gasteiger partial charge in [0.15, 0.2) is 6.10 Å². The summed E-state index contributed by atoms with van der Waals surface area (Å²) >= 11 is 0. The lowest BCUT2D eigenvalue weighted by molar-refractivity contribution is -0.167. The molecule has 0 aliphatic rings. The van der Waals surface area contributed by atoms with E-state index < -0.39 is 6.10 Å². The Morgan fingerprint density at radius 1 is 0.260 bits per heavy atom.